The van der Waals surface area contributed by atoms with Crippen molar-refractivity contribution in [2.75, 3.05) is 42.5 Å². The number of hydrogen-bond acceptors (Lipinski definition) is 5. The van der Waals surface area contributed by atoms with Gasteiger partial charge in [0.15, 0.2) is 0 Å². The summed E-state index contributed by atoms with van der Waals surface area (Å²) in [4.78, 5) is 26.2. The third kappa shape index (κ3) is 3.75. The number of piperazine rings is 1. The lowest BCUT2D eigenvalue weighted by atomic mass is 10.2. The maximum atomic E-state index is 13.0. The molecule has 2 aliphatic rings. The molecule has 1 amide bonds. The smallest absolute Gasteiger partial charge is 0.224 e. The lowest BCUT2D eigenvalue weighted by molar-refractivity contribution is -0.131. The van der Waals surface area contributed by atoms with E-state index >= 15 is 0 Å². The summed E-state index contributed by atoms with van der Waals surface area (Å²) in [7, 11) is 0. The van der Waals surface area contributed by atoms with E-state index in [1.54, 1.807) is 11.8 Å². The van der Waals surface area contributed by atoms with Gasteiger partial charge in [-0.2, -0.15) is 0 Å². The van der Waals surface area contributed by atoms with E-state index in [4.69, 9.17) is 0 Å². The minimum Gasteiger partial charge on any atom is -0.368 e. The molecular weight excluding hydrogens is 392 g/mol. The zero-order chi connectivity index (χ0) is 20.3. The van der Waals surface area contributed by atoms with Crippen molar-refractivity contribution in [3.05, 3.63) is 73.1 Å². The van der Waals surface area contributed by atoms with Crippen LogP contribution >= 0.6 is 11.8 Å². The standard InChI is InChI=1S/C24H24N4OS/c29-24(27-17-15-26(16-18-27)19-9-12-25-13-10-19)11-14-28-20-5-1-3-7-22(20)30-23-8-4-2-6-21(23)28/h1-10,12-13H,11,14-18H2. The Labute approximate surface area is 181 Å². The molecule has 0 unspecified atom stereocenters. The second-order valence-electron chi connectivity index (χ2n) is 7.51. The second kappa shape index (κ2) is 8.40. The number of rotatable bonds is 4. The van der Waals surface area contributed by atoms with Gasteiger partial charge in [-0.05, 0) is 36.4 Å². The fraction of sp³-hybridized carbons (Fsp3) is 0.250. The van der Waals surface area contributed by atoms with E-state index in [0.29, 0.717) is 13.0 Å². The number of pyridine rings is 1. The van der Waals surface area contributed by atoms with E-state index in [-0.39, 0.29) is 5.91 Å². The largest absolute Gasteiger partial charge is 0.368 e. The van der Waals surface area contributed by atoms with Gasteiger partial charge in [0.2, 0.25) is 5.91 Å². The highest BCUT2D eigenvalue weighted by molar-refractivity contribution is 7.99. The molecule has 0 spiro atoms. The molecule has 0 aliphatic carbocycles. The Morgan fingerprint density at radius 2 is 1.43 bits per heavy atom. The van der Waals surface area contributed by atoms with Gasteiger partial charge in [-0.25, -0.2) is 0 Å². The highest BCUT2D eigenvalue weighted by atomic mass is 32.2. The topological polar surface area (TPSA) is 39.7 Å². The van der Waals surface area contributed by atoms with Gasteiger partial charge in [0, 0.05) is 67.0 Å². The first kappa shape index (κ1) is 19.0. The highest BCUT2D eigenvalue weighted by Gasteiger charge is 2.25. The van der Waals surface area contributed by atoms with Gasteiger partial charge in [0.1, 0.15) is 0 Å². The van der Waals surface area contributed by atoms with Crippen molar-refractivity contribution < 1.29 is 4.79 Å². The van der Waals surface area contributed by atoms with Gasteiger partial charge >= 0.3 is 0 Å². The van der Waals surface area contributed by atoms with Crippen molar-refractivity contribution in [2.24, 2.45) is 0 Å². The summed E-state index contributed by atoms with van der Waals surface area (Å²) in [5.74, 6) is 0.234. The number of hydrogen-bond donors (Lipinski definition) is 0. The lowest BCUT2D eigenvalue weighted by Crippen LogP contribution is -2.49. The number of benzene rings is 2. The van der Waals surface area contributed by atoms with E-state index in [1.165, 1.54) is 26.9 Å². The summed E-state index contributed by atoms with van der Waals surface area (Å²) < 4.78 is 0. The molecule has 2 aliphatic heterocycles. The van der Waals surface area contributed by atoms with Gasteiger partial charge in [-0.15, -0.1) is 0 Å². The number of para-hydroxylation sites is 2. The fourth-order valence-corrected chi connectivity index (χ4v) is 5.25. The summed E-state index contributed by atoms with van der Waals surface area (Å²) >= 11 is 1.80. The molecule has 3 aromatic rings. The maximum absolute atomic E-state index is 13.0. The van der Waals surface area contributed by atoms with Crippen LogP contribution in [0.15, 0.2) is 82.8 Å². The predicted octanol–water partition coefficient (Wildman–Crippen LogP) is 4.42. The van der Waals surface area contributed by atoms with Crippen molar-refractivity contribution in [1.82, 2.24) is 9.88 Å². The van der Waals surface area contributed by atoms with Crippen LogP contribution in [0.4, 0.5) is 17.1 Å². The molecule has 1 saturated heterocycles. The monoisotopic (exact) mass is 416 g/mol. The van der Waals surface area contributed by atoms with E-state index in [0.717, 1.165) is 26.2 Å². The molecule has 0 atom stereocenters. The third-order valence-electron chi connectivity index (χ3n) is 5.74. The van der Waals surface area contributed by atoms with Crippen molar-refractivity contribution in [1.29, 1.82) is 0 Å². The zero-order valence-corrected chi connectivity index (χ0v) is 17.6. The van der Waals surface area contributed by atoms with Crippen LogP contribution in [0.1, 0.15) is 6.42 Å². The third-order valence-corrected chi connectivity index (χ3v) is 6.87. The first-order valence-electron chi connectivity index (χ1n) is 10.4. The van der Waals surface area contributed by atoms with Crippen LogP contribution in [-0.4, -0.2) is 48.5 Å². The molecule has 0 N–H and O–H groups in total. The number of carbonyl (C=O) groups excluding carboxylic acids is 1. The molecule has 152 valence electrons. The Bertz CT molecular complexity index is 989. The Balaban J connectivity index is 1.24. The Kier molecular flexibility index (Phi) is 5.32. The number of nitrogens with zero attached hydrogens (tertiary/aromatic N) is 4. The molecule has 5 nitrogen and oxygen atoms in total. The van der Waals surface area contributed by atoms with Crippen LogP contribution in [0.25, 0.3) is 0 Å². The van der Waals surface area contributed by atoms with E-state index in [9.17, 15) is 4.79 Å². The molecule has 6 heteroatoms. The molecular formula is C24H24N4OS. The van der Waals surface area contributed by atoms with Gasteiger partial charge < -0.3 is 14.7 Å². The first-order valence-corrected chi connectivity index (χ1v) is 11.2. The quantitative estimate of drug-likeness (QED) is 0.630. The van der Waals surface area contributed by atoms with Crippen molar-refractivity contribution in [3.8, 4) is 0 Å². The van der Waals surface area contributed by atoms with Gasteiger partial charge in [0.05, 0.1) is 11.4 Å². The van der Waals surface area contributed by atoms with Crippen molar-refractivity contribution in [2.45, 2.75) is 16.2 Å². The van der Waals surface area contributed by atoms with Gasteiger partial charge in [-0.3, -0.25) is 9.78 Å². The highest BCUT2D eigenvalue weighted by Crippen LogP contribution is 2.47. The molecule has 0 bridgehead atoms. The van der Waals surface area contributed by atoms with E-state index in [2.05, 4.69) is 63.3 Å². The number of anilines is 3. The van der Waals surface area contributed by atoms with Crippen LogP contribution < -0.4 is 9.80 Å². The molecule has 2 aromatic carbocycles. The van der Waals surface area contributed by atoms with Gasteiger partial charge in [-0.1, -0.05) is 36.0 Å². The summed E-state index contributed by atoms with van der Waals surface area (Å²) in [6.07, 6.45) is 4.15. The predicted molar refractivity (Wildman–Crippen MR) is 122 cm³/mol. The average Bonchev–Trinajstić information content (AvgIpc) is 2.82. The minimum atomic E-state index is 0.234. The second-order valence-corrected chi connectivity index (χ2v) is 8.60. The number of aromatic nitrogens is 1. The molecule has 3 heterocycles. The Morgan fingerprint density at radius 1 is 0.833 bits per heavy atom. The normalized spacial score (nSPS) is 15.5. The molecule has 1 aromatic heterocycles. The zero-order valence-electron chi connectivity index (χ0n) is 16.8. The number of carbonyl (C=O) groups is 1. The van der Waals surface area contributed by atoms with Crippen molar-refractivity contribution >= 4 is 34.7 Å². The molecule has 0 saturated carbocycles. The van der Waals surface area contributed by atoms with Crippen LogP contribution in [0.2, 0.25) is 0 Å². The van der Waals surface area contributed by atoms with Crippen molar-refractivity contribution in [3.63, 3.8) is 0 Å². The number of fused-ring (bicyclic) bond motifs is 2. The SMILES string of the molecule is O=C(CCN1c2ccccc2Sc2ccccc21)N1CCN(c2ccncc2)CC1. The van der Waals surface area contributed by atoms with E-state index < -0.39 is 0 Å². The molecule has 1 fully saturated rings. The maximum Gasteiger partial charge on any atom is 0.224 e. The molecule has 0 radical (unpaired) electrons. The lowest BCUT2D eigenvalue weighted by Gasteiger charge is -2.37. The van der Waals surface area contributed by atoms with E-state index in [1.807, 2.05) is 29.4 Å². The van der Waals surface area contributed by atoms with Gasteiger partial charge in [0.25, 0.3) is 0 Å². The summed E-state index contributed by atoms with van der Waals surface area (Å²) in [5, 5.41) is 0. The minimum absolute atomic E-state index is 0.234. The molecule has 5 rings (SSSR count). The van der Waals surface area contributed by atoms with Crippen LogP contribution in [0.5, 0.6) is 0 Å². The van der Waals surface area contributed by atoms with Crippen LogP contribution in [0.3, 0.4) is 0 Å². The first-order chi connectivity index (χ1) is 14.8. The van der Waals surface area contributed by atoms with Crippen LogP contribution in [-0.2, 0) is 4.79 Å². The summed E-state index contributed by atoms with van der Waals surface area (Å²) in [5.41, 5.74) is 3.56. The summed E-state index contributed by atoms with van der Waals surface area (Å²) in [6, 6.07) is 21.0. The fourth-order valence-electron chi connectivity index (χ4n) is 4.16. The number of amides is 1. The Hall–Kier alpha value is -2.99. The van der Waals surface area contributed by atoms with Crippen LogP contribution in [0, 0.1) is 0 Å². The Morgan fingerprint density at radius 3 is 2.07 bits per heavy atom. The molecule has 30 heavy (non-hydrogen) atoms. The summed E-state index contributed by atoms with van der Waals surface area (Å²) in [6.45, 7) is 3.95. The average molecular weight is 417 g/mol.